The molecule has 0 radical (unpaired) electrons. The molecule has 3 rings (SSSR count). The monoisotopic (exact) mass is 313 g/mol. The van der Waals surface area contributed by atoms with Crippen LogP contribution in [0, 0.1) is 5.82 Å². The van der Waals surface area contributed by atoms with E-state index >= 15 is 0 Å². The van der Waals surface area contributed by atoms with Crippen LogP contribution in [-0.4, -0.2) is 34.7 Å². The fourth-order valence-corrected chi connectivity index (χ4v) is 3.99. The van der Waals surface area contributed by atoms with E-state index in [4.69, 9.17) is 0 Å². The molecule has 0 amide bonds. The highest BCUT2D eigenvalue weighted by Crippen LogP contribution is 2.38. The second-order valence-corrected chi connectivity index (χ2v) is 6.42. The van der Waals surface area contributed by atoms with E-state index in [-0.39, 0.29) is 11.9 Å². The van der Waals surface area contributed by atoms with Crippen LogP contribution in [0.4, 0.5) is 4.39 Å². The largest absolute Gasteiger partial charge is 0.388 e. The Morgan fingerprint density at radius 3 is 3.00 bits per heavy atom. The van der Waals surface area contributed by atoms with Crippen LogP contribution in [0.15, 0.2) is 22.7 Å². The van der Waals surface area contributed by atoms with Crippen molar-refractivity contribution in [1.29, 1.82) is 0 Å². The molecule has 2 saturated heterocycles. The first-order valence-corrected chi connectivity index (χ1v) is 7.27. The molecule has 4 heteroatoms. The van der Waals surface area contributed by atoms with Gasteiger partial charge in [-0.3, -0.25) is 4.90 Å². The maximum absolute atomic E-state index is 13.4. The predicted molar refractivity (Wildman–Crippen MR) is 72.0 cm³/mol. The first kappa shape index (κ1) is 12.6. The van der Waals surface area contributed by atoms with Gasteiger partial charge in [-0.05, 0) is 49.6 Å². The van der Waals surface area contributed by atoms with Crippen LogP contribution < -0.4 is 0 Å². The molecule has 1 aromatic rings. The number of hydrogen-bond donors (Lipinski definition) is 1. The van der Waals surface area contributed by atoms with Crippen LogP contribution in [0.3, 0.4) is 0 Å². The Bertz CT molecular complexity index is 447. The number of rotatable bonds is 2. The molecular weight excluding hydrogens is 297 g/mol. The van der Waals surface area contributed by atoms with Gasteiger partial charge in [0.1, 0.15) is 5.82 Å². The lowest BCUT2D eigenvalue weighted by Gasteiger charge is -2.30. The lowest BCUT2D eigenvalue weighted by Crippen LogP contribution is -2.43. The summed E-state index contributed by atoms with van der Waals surface area (Å²) in [4.78, 5) is 2.37. The van der Waals surface area contributed by atoms with E-state index in [1.165, 1.54) is 18.6 Å². The molecule has 2 unspecified atom stereocenters. The number of nitrogens with zero attached hydrogens (tertiary/aromatic N) is 1. The normalized spacial score (nSPS) is 31.8. The number of aliphatic hydroxyl groups is 1. The van der Waals surface area contributed by atoms with Gasteiger partial charge in [0, 0.05) is 23.5 Å². The fraction of sp³-hybridized carbons (Fsp3) is 0.571. The number of hydrogen-bond acceptors (Lipinski definition) is 2. The lowest BCUT2D eigenvalue weighted by atomic mass is 9.86. The molecule has 0 bridgehead atoms. The van der Waals surface area contributed by atoms with Crippen LogP contribution in [0.25, 0.3) is 0 Å². The SMILES string of the molecule is OC1(Cc2cc(F)cc(Br)c2)CCN2CCCC21. The number of halogens is 2. The molecule has 2 aliphatic rings. The number of fused-ring (bicyclic) bond motifs is 1. The highest BCUT2D eigenvalue weighted by Gasteiger charge is 2.47. The van der Waals surface area contributed by atoms with Crippen LogP contribution in [-0.2, 0) is 6.42 Å². The van der Waals surface area contributed by atoms with Crippen molar-refractivity contribution in [2.75, 3.05) is 13.1 Å². The van der Waals surface area contributed by atoms with Crippen molar-refractivity contribution in [3.8, 4) is 0 Å². The Balaban J connectivity index is 1.83. The van der Waals surface area contributed by atoms with Crippen molar-refractivity contribution in [1.82, 2.24) is 4.90 Å². The fourth-order valence-electron chi connectivity index (χ4n) is 3.48. The lowest BCUT2D eigenvalue weighted by molar-refractivity contribution is 0.0140. The summed E-state index contributed by atoms with van der Waals surface area (Å²) in [6, 6.07) is 5.14. The third kappa shape index (κ3) is 2.22. The van der Waals surface area contributed by atoms with Gasteiger partial charge in [0.2, 0.25) is 0 Å². The second-order valence-electron chi connectivity index (χ2n) is 5.50. The smallest absolute Gasteiger partial charge is 0.124 e. The van der Waals surface area contributed by atoms with E-state index < -0.39 is 5.60 Å². The molecule has 2 fully saturated rings. The van der Waals surface area contributed by atoms with Crippen molar-refractivity contribution in [3.63, 3.8) is 0 Å². The molecular formula is C14H17BrFNO. The van der Waals surface area contributed by atoms with Crippen LogP contribution >= 0.6 is 15.9 Å². The minimum atomic E-state index is -0.677. The quantitative estimate of drug-likeness (QED) is 0.907. The molecule has 0 saturated carbocycles. The zero-order valence-corrected chi connectivity index (χ0v) is 11.8. The van der Waals surface area contributed by atoms with Crippen molar-refractivity contribution < 1.29 is 9.50 Å². The zero-order chi connectivity index (χ0) is 12.8. The third-order valence-corrected chi connectivity index (χ3v) is 4.71. The molecule has 0 spiro atoms. The summed E-state index contributed by atoms with van der Waals surface area (Å²) in [6.45, 7) is 2.07. The van der Waals surface area contributed by atoms with Crippen molar-refractivity contribution >= 4 is 15.9 Å². The van der Waals surface area contributed by atoms with E-state index in [2.05, 4.69) is 20.8 Å². The standard InChI is InChI=1S/C14H17BrFNO/c15-11-6-10(7-12(16)8-11)9-14(18)3-5-17-4-1-2-13(14)17/h6-8,13,18H,1-5,9H2. The van der Waals surface area contributed by atoms with Crippen molar-refractivity contribution in [2.24, 2.45) is 0 Å². The van der Waals surface area contributed by atoms with E-state index in [0.717, 1.165) is 36.0 Å². The molecule has 1 N–H and O–H groups in total. The summed E-state index contributed by atoms with van der Waals surface area (Å²) >= 11 is 3.30. The molecule has 98 valence electrons. The summed E-state index contributed by atoms with van der Waals surface area (Å²) in [5.74, 6) is -0.246. The average molecular weight is 314 g/mol. The minimum absolute atomic E-state index is 0.246. The van der Waals surface area contributed by atoms with E-state index in [1.54, 1.807) is 0 Å². The summed E-state index contributed by atoms with van der Waals surface area (Å²) < 4.78 is 14.1. The highest BCUT2D eigenvalue weighted by molar-refractivity contribution is 9.10. The predicted octanol–water partition coefficient (Wildman–Crippen LogP) is 2.73. The van der Waals surface area contributed by atoms with Gasteiger partial charge in [-0.1, -0.05) is 15.9 Å². The van der Waals surface area contributed by atoms with Crippen LogP contribution in [0.2, 0.25) is 0 Å². The maximum atomic E-state index is 13.4. The summed E-state index contributed by atoms with van der Waals surface area (Å²) in [5.41, 5.74) is 0.196. The molecule has 2 atom stereocenters. The molecule has 2 heterocycles. The summed E-state index contributed by atoms with van der Waals surface area (Å²) in [6.07, 6.45) is 3.57. The second kappa shape index (κ2) is 4.58. The summed E-state index contributed by atoms with van der Waals surface area (Å²) in [7, 11) is 0. The van der Waals surface area contributed by atoms with E-state index in [1.807, 2.05) is 6.07 Å². The molecule has 0 aromatic heterocycles. The molecule has 2 aliphatic heterocycles. The summed E-state index contributed by atoms with van der Waals surface area (Å²) in [5, 5.41) is 10.8. The zero-order valence-electron chi connectivity index (χ0n) is 10.2. The van der Waals surface area contributed by atoms with Gasteiger partial charge < -0.3 is 5.11 Å². The van der Waals surface area contributed by atoms with Gasteiger partial charge in [0.05, 0.1) is 5.60 Å². The molecule has 1 aromatic carbocycles. The molecule has 0 aliphatic carbocycles. The number of benzene rings is 1. The van der Waals surface area contributed by atoms with Gasteiger partial charge in [-0.2, -0.15) is 0 Å². The highest BCUT2D eigenvalue weighted by atomic mass is 79.9. The average Bonchev–Trinajstić information content (AvgIpc) is 2.82. The molecule has 2 nitrogen and oxygen atoms in total. The Labute approximate surface area is 115 Å². The third-order valence-electron chi connectivity index (χ3n) is 4.25. The van der Waals surface area contributed by atoms with Gasteiger partial charge in [-0.25, -0.2) is 4.39 Å². The first-order chi connectivity index (χ1) is 8.57. The van der Waals surface area contributed by atoms with Gasteiger partial charge >= 0.3 is 0 Å². The topological polar surface area (TPSA) is 23.5 Å². The minimum Gasteiger partial charge on any atom is -0.388 e. The Morgan fingerprint density at radius 2 is 2.22 bits per heavy atom. The Morgan fingerprint density at radius 1 is 1.39 bits per heavy atom. The van der Waals surface area contributed by atoms with Gasteiger partial charge in [0.25, 0.3) is 0 Å². The van der Waals surface area contributed by atoms with Crippen LogP contribution in [0.1, 0.15) is 24.8 Å². The van der Waals surface area contributed by atoms with Crippen molar-refractivity contribution in [3.05, 3.63) is 34.1 Å². The Kier molecular flexibility index (Phi) is 3.20. The Hall–Kier alpha value is -0.450. The van der Waals surface area contributed by atoms with Crippen molar-refractivity contribution in [2.45, 2.75) is 37.3 Å². The molecule has 18 heavy (non-hydrogen) atoms. The van der Waals surface area contributed by atoms with Gasteiger partial charge in [-0.15, -0.1) is 0 Å². The van der Waals surface area contributed by atoms with E-state index in [0.29, 0.717) is 6.42 Å². The van der Waals surface area contributed by atoms with Gasteiger partial charge in [0.15, 0.2) is 0 Å². The maximum Gasteiger partial charge on any atom is 0.124 e. The van der Waals surface area contributed by atoms with E-state index in [9.17, 15) is 9.50 Å². The van der Waals surface area contributed by atoms with Crippen LogP contribution in [0.5, 0.6) is 0 Å². The first-order valence-electron chi connectivity index (χ1n) is 6.48.